The molecule has 0 amide bonds. The topological polar surface area (TPSA) is 43.6 Å². The number of benzene rings is 7. The zero-order chi connectivity index (χ0) is 37.8. The minimum atomic E-state index is -0.596. The van der Waals surface area contributed by atoms with E-state index in [4.69, 9.17) is 15.0 Å². The highest BCUT2D eigenvalue weighted by atomic mass is 32.1. The van der Waals surface area contributed by atoms with Gasteiger partial charge in [0.25, 0.3) is 0 Å². The van der Waals surface area contributed by atoms with Crippen molar-refractivity contribution in [3.8, 4) is 39.9 Å². The summed E-state index contributed by atoms with van der Waals surface area (Å²) in [6.07, 6.45) is 4.06. The van der Waals surface area contributed by atoms with Gasteiger partial charge in [-0.3, -0.25) is 4.57 Å². The zero-order valence-corrected chi connectivity index (χ0v) is 31.6. The maximum atomic E-state index is 5.35. The van der Waals surface area contributed by atoms with E-state index in [-0.39, 0.29) is 0 Å². The molecule has 0 saturated heterocycles. The van der Waals surface area contributed by atoms with Gasteiger partial charge in [0.1, 0.15) is 0 Å². The molecule has 2 aliphatic rings. The largest absolute Gasteiger partial charge is 0.278 e. The van der Waals surface area contributed by atoms with Crippen LogP contribution in [-0.2, 0) is 5.41 Å². The Morgan fingerprint density at radius 3 is 1.98 bits per heavy atom. The molecule has 1 atom stereocenters. The van der Waals surface area contributed by atoms with E-state index < -0.39 is 5.41 Å². The SMILES string of the molecule is C=CC1=C(C=C)C2(c3ccccc31)c1ccccc1-c1ccc3c(c12)c1ccccc1n3-c1nc(-c2ccccc2)nc(-c2ccc3c(c2)sc2ccccc23)n1. The van der Waals surface area contributed by atoms with Crippen LogP contribution in [0.4, 0.5) is 0 Å². The molecule has 1 unspecified atom stereocenters. The molecule has 0 radical (unpaired) electrons. The number of hydrogen-bond acceptors (Lipinski definition) is 4. The summed E-state index contributed by atoms with van der Waals surface area (Å²) in [6.45, 7) is 8.78. The fourth-order valence-electron chi connectivity index (χ4n) is 9.82. The summed E-state index contributed by atoms with van der Waals surface area (Å²) in [5, 5.41) is 4.82. The highest BCUT2D eigenvalue weighted by molar-refractivity contribution is 7.25. The maximum absolute atomic E-state index is 5.35. The van der Waals surface area contributed by atoms with Crippen LogP contribution in [0, 0.1) is 0 Å². The van der Waals surface area contributed by atoms with Gasteiger partial charge in [0.2, 0.25) is 5.95 Å². The monoisotopic (exact) mass is 744 g/mol. The fraction of sp³-hybridized carbons (Fsp3) is 0.0192. The van der Waals surface area contributed by atoms with Crippen molar-refractivity contribution in [2.24, 2.45) is 0 Å². The summed E-state index contributed by atoms with van der Waals surface area (Å²) in [5.41, 5.74) is 13.0. The Labute approximate surface area is 333 Å². The molecule has 0 N–H and O–H groups in total. The number of nitrogens with zero attached hydrogens (tertiary/aromatic N) is 4. The smallest absolute Gasteiger partial charge is 0.238 e. The molecule has 5 heteroatoms. The minimum absolute atomic E-state index is 0.573. The predicted molar refractivity (Wildman–Crippen MR) is 237 cm³/mol. The first-order valence-electron chi connectivity index (χ1n) is 19.2. The summed E-state index contributed by atoms with van der Waals surface area (Å²) in [6, 6.07) is 56.3. The third-order valence-electron chi connectivity index (χ3n) is 12.1. The van der Waals surface area contributed by atoms with E-state index in [1.807, 2.05) is 24.3 Å². The van der Waals surface area contributed by atoms with Gasteiger partial charge in [-0.25, -0.2) is 4.98 Å². The predicted octanol–water partition coefficient (Wildman–Crippen LogP) is 13.1. The van der Waals surface area contributed by atoms with E-state index >= 15 is 0 Å². The first-order valence-corrected chi connectivity index (χ1v) is 20.0. The Kier molecular flexibility index (Phi) is 6.69. The fourth-order valence-corrected chi connectivity index (χ4v) is 11.0. The third-order valence-corrected chi connectivity index (χ3v) is 13.2. The Bertz CT molecular complexity index is 3400. The van der Waals surface area contributed by atoms with E-state index in [2.05, 4.69) is 163 Å². The normalized spacial score (nSPS) is 15.5. The molecule has 10 aromatic rings. The van der Waals surface area contributed by atoms with Crippen LogP contribution in [0.3, 0.4) is 0 Å². The molecule has 0 saturated carbocycles. The van der Waals surface area contributed by atoms with Gasteiger partial charge in [-0.15, -0.1) is 11.3 Å². The molecule has 57 heavy (non-hydrogen) atoms. The number of allylic oxidation sites excluding steroid dienone is 4. The Morgan fingerprint density at radius 2 is 1.18 bits per heavy atom. The molecular formula is C52H32N4S. The van der Waals surface area contributed by atoms with Crippen molar-refractivity contribution >= 4 is 58.9 Å². The molecule has 12 rings (SSSR count). The van der Waals surface area contributed by atoms with Gasteiger partial charge < -0.3 is 0 Å². The summed E-state index contributed by atoms with van der Waals surface area (Å²) >= 11 is 1.80. The second kappa shape index (κ2) is 11.9. The van der Waals surface area contributed by atoms with Crippen molar-refractivity contribution in [1.82, 2.24) is 19.5 Å². The van der Waals surface area contributed by atoms with Gasteiger partial charge in [0.15, 0.2) is 11.6 Å². The van der Waals surface area contributed by atoms with Crippen LogP contribution in [0.1, 0.15) is 22.3 Å². The zero-order valence-electron chi connectivity index (χ0n) is 30.8. The molecule has 1 spiro atoms. The van der Waals surface area contributed by atoms with Crippen LogP contribution in [0.15, 0.2) is 189 Å². The highest BCUT2D eigenvalue weighted by Crippen LogP contribution is 2.64. The average molecular weight is 745 g/mol. The number of para-hydroxylation sites is 1. The van der Waals surface area contributed by atoms with Gasteiger partial charge in [-0.05, 0) is 68.8 Å². The molecule has 0 bridgehead atoms. The molecule has 3 heterocycles. The summed E-state index contributed by atoms with van der Waals surface area (Å²) in [5.74, 6) is 1.83. The summed E-state index contributed by atoms with van der Waals surface area (Å²) < 4.78 is 4.71. The van der Waals surface area contributed by atoms with Crippen LogP contribution in [0.25, 0.3) is 87.4 Å². The summed E-state index contributed by atoms with van der Waals surface area (Å²) in [4.78, 5) is 15.8. The van der Waals surface area contributed by atoms with Crippen molar-refractivity contribution in [2.45, 2.75) is 5.41 Å². The first-order chi connectivity index (χ1) is 28.2. The van der Waals surface area contributed by atoms with E-state index in [1.54, 1.807) is 11.3 Å². The van der Waals surface area contributed by atoms with E-state index in [0.29, 0.717) is 17.6 Å². The van der Waals surface area contributed by atoms with Crippen LogP contribution in [0.5, 0.6) is 0 Å². The molecule has 3 aromatic heterocycles. The number of aromatic nitrogens is 4. The Morgan fingerprint density at radius 1 is 0.509 bits per heavy atom. The van der Waals surface area contributed by atoms with E-state index in [0.717, 1.165) is 38.7 Å². The van der Waals surface area contributed by atoms with Crippen LogP contribution in [0.2, 0.25) is 0 Å². The lowest BCUT2D eigenvalue weighted by Gasteiger charge is -2.32. The molecular weight excluding hydrogens is 713 g/mol. The number of rotatable bonds is 5. The van der Waals surface area contributed by atoms with Gasteiger partial charge in [-0.1, -0.05) is 159 Å². The van der Waals surface area contributed by atoms with Crippen LogP contribution >= 0.6 is 11.3 Å². The lowest BCUT2D eigenvalue weighted by molar-refractivity contribution is 0.794. The molecule has 7 aromatic carbocycles. The number of thiophene rings is 1. The van der Waals surface area contributed by atoms with Crippen LogP contribution in [-0.4, -0.2) is 19.5 Å². The second-order valence-electron chi connectivity index (χ2n) is 14.8. The standard InChI is InChI=1S/C52H32N4S/c1-3-33-34-18-8-12-22-41(34)52(40(33)4-2)42-23-13-9-19-35(42)38-28-29-44-47(48(38)52)39-21-10-14-24-43(39)56(44)51-54-49(31-16-6-5-7-17-31)53-50(55-51)32-26-27-37-36-20-11-15-25-45(36)57-46(37)30-32/h3-30H,1-2H2. The number of hydrogen-bond donors (Lipinski definition) is 0. The molecule has 0 aliphatic heterocycles. The quantitative estimate of drug-likeness (QED) is 0.176. The summed E-state index contributed by atoms with van der Waals surface area (Å²) in [7, 11) is 0. The van der Waals surface area contributed by atoms with E-state index in [1.165, 1.54) is 58.9 Å². The first kappa shape index (κ1) is 32.1. The van der Waals surface area contributed by atoms with Crippen molar-refractivity contribution in [1.29, 1.82) is 0 Å². The lowest BCUT2D eigenvalue weighted by atomic mass is 9.68. The Balaban J connectivity index is 1.18. The average Bonchev–Trinajstić information content (AvgIpc) is 3.99. The molecule has 4 nitrogen and oxygen atoms in total. The van der Waals surface area contributed by atoms with Gasteiger partial charge in [0, 0.05) is 42.1 Å². The van der Waals surface area contributed by atoms with E-state index in [9.17, 15) is 0 Å². The minimum Gasteiger partial charge on any atom is -0.278 e. The van der Waals surface area contributed by atoms with Crippen molar-refractivity contribution < 1.29 is 0 Å². The number of fused-ring (bicyclic) bond motifs is 14. The lowest BCUT2D eigenvalue weighted by Crippen LogP contribution is -2.27. The third kappa shape index (κ3) is 4.24. The van der Waals surface area contributed by atoms with Gasteiger partial charge in [-0.2, -0.15) is 9.97 Å². The Hall–Kier alpha value is -7.21. The molecule has 266 valence electrons. The molecule has 2 aliphatic carbocycles. The molecule has 0 fully saturated rings. The van der Waals surface area contributed by atoms with Crippen molar-refractivity contribution in [2.75, 3.05) is 0 Å². The van der Waals surface area contributed by atoms with Crippen molar-refractivity contribution in [3.05, 3.63) is 211 Å². The van der Waals surface area contributed by atoms with Crippen molar-refractivity contribution in [3.63, 3.8) is 0 Å². The maximum Gasteiger partial charge on any atom is 0.238 e. The van der Waals surface area contributed by atoms with Gasteiger partial charge >= 0.3 is 0 Å². The van der Waals surface area contributed by atoms with Crippen LogP contribution < -0.4 is 0 Å². The van der Waals surface area contributed by atoms with Gasteiger partial charge in [0.05, 0.1) is 16.4 Å². The second-order valence-corrected chi connectivity index (χ2v) is 15.9. The highest BCUT2D eigenvalue weighted by Gasteiger charge is 2.53.